The van der Waals surface area contributed by atoms with Crippen LogP contribution in [0.1, 0.15) is 12.8 Å². The maximum atomic E-state index is 12.8. The lowest BCUT2D eigenvalue weighted by Crippen LogP contribution is -2.62. The maximum Gasteiger partial charge on any atom is 0.243 e. The molecular weight excluding hydrogens is 392 g/mol. The number of hydrogen-bond acceptors (Lipinski definition) is 5. The highest BCUT2D eigenvalue weighted by Gasteiger charge is 2.53. The van der Waals surface area contributed by atoms with Crippen molar-refractivity contribution in [2.24, 2.45) is 11.8 Å². The van der Waals surface area contributed by atoms with E-state index in [-0.39, 0.29) is 46.7 Å². The third kappa shape index (κ3) is 2.86. The fourth-order valence-electron chi connectivity index (χ4n) is 3.92. The van der Waals surface area contributed by atoms with Crippen LogP contribution < -0.4 is 4.74 Å². The molecule has 0 unspecified atom stereocenters. The number of rotatable bonds is 4. The normalized spacial score (nSPS) is 26.2. The van der Waals surface area contributed by atoms with Gasteiger partial charge < -0.3 is 4.74 Å². The van der Waals surface area contributed by atoms with Crippen molar-refractivity contribution in [2.75, 3.05) is 20.2 Å². The van der Waals surface area contributed by atoms with Crippen LogP contribution in [0.3, 0.4) is 0 Å². The average molecular weight is 411 g/mol. The number of carbonyl (C=O) groups is 2. The van der Waals surface area contributed by atoms with Crippen LogP contribution in [0.25, 0.3) is 0 Å². The number of halogens is 1. The first kappa shape index (κ1) is 18.5. The fraction of sp³-hybridized carbons (Fsp3) is 0.444. The lowest BCUT2D eigenvalue weighted by atomic mass is 9.85. The molecule has 2 saturated heterocycles. The fourth-order valence-corrected chi connectivity index (χ4v) is 5.78. The largest absolute Gasteiger partial charge is 0.495 e. The Balaban J connectivity index is 1.48. The average Bonchev–Trinajstić information content (AvgIpc) is 2.86. The van der Waals surface area contributed by atoms with Crippen LogP contribution in [0, 0.1) is 11.8 Å². The summed E-state index contributed by atoms with van der Waals surface area (Å²) in [4.78, 5) is 26.5. The van der Waals surface area contributed by atoms with E-state index in [1.807, 2.05) is 12.2 Å². The van der Waals surface area contributed by atoms with Crippen LogP contribution in [0.2, 0.25) is 5.02 Å². The van der Waals surface area contributed by atoms with E-state index < -0.39 is 16.1 Å². The van der Waals surface area contributed by atoms with Gasteiger partial charge in [-0.25, -0.2) is 8.42 Å². The summed E-state index contributed by atoms with van der Waals surface area (Å²) in [5, 5.41) is 0.206. The van der Waals surface area contributed by atoms with Gasteiger partial charge in [-0.1, -0.05) is 23.8 Å². The van der Waals surface area contributed by atoms with Gasteiger partial charge in [0, 0.05) is 13.1 Å². The zero-order chi connectivity index (χ0) is 19.3. The van der Waals surface area contributed by atoms with E-state index in [9.17, 15) is 18.0 Å². The van der Waals surface area contributed by atoms with E-state index >= 15 is 0 Å². The highest BCUT2D eigenvalue weighted by Crippen LogP contribution is 2.38. The lowest BCUT2D eigenvalue weighted by molar-refractivity contribution is -0.145. The number of amides is 2. The molecule has 9 heteroatoms. The van der Waals surface area contributed by atoms with E-state index in [2.05, 4.69) is 0 Å². The number of fused-ring (bicyclic) bond motifs is 1. The van der Waals surface area contributed by atoms with E-state index in [1.54, 1.807) is 0 Å². The molecule has 4 rings (SSSR count). The predicted molar refractivity (Wildman–Crippen MR) is 97.8 cm³/mol. The zero-order valence-electron chi connectivity index (χ0n) is 14.7. The maximum absolute atomic E-state index is 12.8. The van der Waals surface area contributed by atoms with Crippen LogP contribution in [0.5, 0.6) is 5.75 Å². The first-order chi connectivity index (χ1) is 12.8. The predicted octanol–water partition coefficient (Wildman–Crippen LogP) is 1.67. The SMILES string of the molecule is COc1ccc(S(=O)(=O)N2CC(N3C(=O)[C@H]4CC=CC[C@H]4C3=O)C2)cc1Cl. The van der Waals surface area contributed by atoms with Crippen LogP contribution in [-0.4, -0.2) is 55.7 Å². The summed E-state index contributed by atoms with van der Waals surface area (Å²) in [7, 11) is -2.29. The standard InChI is InChI=1S/C18H19ClN2O5S/c1-26-16-7-6-12(8-15(16)19)27(24,25)20-9-11(10-20)21-17(22)13-4-2-3-5-14(13)18(21)23/h2-3,6-8,11,13-14H,4-5,9-10H2,1H3/t13-,14+. The summed E-state index contributed by atoms with van der Waals surface area (Å²) in [6, 6.07) is 3.87. The smallest absolute Gasteiger partial charge is 0.243 e. The molecular formula is C18H19ClN2O5S. The molecule has 144 valence electrons. The number of likely N-dealkylation sites (tertiary alicyclic amines) is 1. The molecule has 2 aliphatic heterocycles. The second-order valence-electron chi connectivity index (χ2n) is 6.97. The van der Waals surface area contributed by atoms with Gasteiger partial charge in [-0.3, -0.25) is 14.5 Å². The molecule has 0 radical (unpaired) electrons. The summed E-state index contributed by atoms with van der Waals surface area (Å²) in [6.07, 6.45) is 5.01. The van der Waals surface area contributed by atoms with Gasteiger partial charge in [0.25, 0.3) is 0 Å². The highest BCUT2D eigenvalue weighted by atomic mass is 35.5. The van der Waals surface area contributed by atoms with E-state index in [1.165, 1.54) is 34.5 Å². The highest BCUT2D eigenvalue weighted by molar-refractivity contribution is 7.89. The lowest BCUT2D eigenvalue weighted by Gasteiger charge is -2.42. The third-order valence-corrected chi connectivity index (χ3v) is 7.62. The van der Waals surface area contributed by atoms with Gasteiger partial charge in [-0.15, -0.1) is 0 Å². The number of ether oxygens (including phenoxy) is 1. The summed E-state index contributed by atoms with van der Waals surface area (Å²) in [5.74, 6) is -0.559. The van der Waals surface area contributed by atoms with Crippen molar-refractivity contribution in [1.82, 2.24) is 9.21 Å². The van der Waals surface area contributed by atoms with Crippen molar-refractivity contribution in [2.45, 2.75) is 23.8 Å². The first-order valence-electron chi connectivity index (χ1n) is 8.70. The summed E-state index contributed by atoms with van der Waals surface area (Å²) in [6.45, 7) is 0.215. The van der Waals surface area contributed by atoms with Crippen LogP contribution in [-0.2, 0) is 19.6 Å². The number of methoxy groups -OCH3 is 1. The Labute approximate surface area is 162 Å². The van der Waals surface area contributed by atoms with Gasteiger partial charge in [0.1, 0.15) is 5.75 Å². The molecule has 0 N–H and O–H groups in total. The van der Waals surface area contributed by atoms with Crippen molar-refractivity contribution in [3.05, 3.63) is 35.4 Å². The van der Waals surface area contributed by atoms with Crippen molar-refractivity contribution in [3.63, 3.8) is 0 Å². The molecule has 1 aromatic rings. The van der Waals surface area contributed by atoms with E-state index in [0.717, 1.165) is 0 Å². The molecule has 0 aromatic heterocycles. The minimum Gasteiger partial charge on any atom is -0.495 e. The van der Waals surface area contributed by atoms with Crippen LogP contribution in [0.15, 0.2) is 35.2 Å². The number of nitrogens with zero attached hydrogens (tertiary/aromatic N) is 2. The van der Waals surface area contributed by atoms with Gasteiger partial charge in [0.2, 0.25) is 21.8 Å². The van der Waals surface area contributed by atoms with Gasteiger partial charge in [-0.05, 0) is 31.0 Å². The van der Waals surface area contributed by atoms with Gasteiger partial charge in [0.15, 0.2) is 0 Å². The number of sulfonamides is 1. The molecule has 1 aliphatic carbocycles. The minimum atomic E-state index is -3.74. The monoisotopic (exact) mass is 410 g/mol. The minimum absolute atomic E-state index is 0.0590. The third-order valence-electron chi connectivity index (χ3n) is 5.50. The Hall–Kier alpha value is -1.90. The van der Waals surface area contributed by atoms with Gasteiger partial charge >= 0.3 is 0 Å². The molecule has 0 saturated carbocycles. The number of imide groups is 1. The summed E-state index contributed by atoms with van der Waals surface area (Å²) >= 11 is 6.03. The van der Waals surface area contributed by atoms with E-state index in [0.29, 0.717) is 18.6 Å². The molecule has 2 atom stereocenters. The number of allylic oxidation sites excluding steroid dienone is 2. The van der Waals surface area contributed by atoms with Crippen molar-refractivity contribution in [1.29, 1.82) is 0 Å². The van der Waals surface area contributed by atoms with Gasteiger partial charge in [-0.2, -0.15) is 4.31 Å². The van der Waals surface area contributed by atoms with Crippen molar-refractivity contribution in [3.8, 4) is 5.75 Å². The quantitative estimate of drug-likeness (QED) is 0.557. The Morgan fingerprint density at radius 2 is 1.67 bits per heavy atom. The molecule has 0 bridgehead atoms. The molecule has 0 spiro atoms. The van der Waals surface area contributed by atoms with Crippen molar-refractivity contribution < 1.29 is 22.7 Å². The molecule has 2 amide bonds. The van der Waals surface area contributed by atoms with Gasteiger partial charge in [0.05, 0.1) is 34.9 Å². The first-order valence-corrected chi connectivity index (χ1v) is 10.5. The number of benzene rings is 1. The topological polar surface area (TPSA) is 84.0 Å². The molecule has 2 fully saturated rings. The molecule has 27 heavy (non-hydrogen) atoms. The second kappa shape index (κ2) is 6.61. The number of carbonyl (C=O) groups excluding carboxylic acids is 2. The summed E-state index contributed by atoms with van der Waals surface area (Å²) in [5.41, 5.74) is 0. The van der Waals surface area contributed by atoms with Crippen molar-refractivity contribution >= 4 is 33.4 Å². The Morgan fingerprint density at radius 3 is 2.19 bits per heavy atom. The Morgan fingerprint density at radius 1 is 1.07 bits per heavy atom. The van der Waals surface area contributed by atoms with Crippen LogP contribution in [0.4, 0.5) is 0 Å². The molecule has 7 nitrogen and oxygen atoms in total. The molecule has 3 aliphatic rings. The zero-order valence-corrected chi connectivity index (χ0v) is 16.2. The summed E-state index contributed by atoms with van der Waals surface area (Å²) < 4.78 is 31.8. The molecule has 1 aromatic carbocycles. The molecule has 2 heterocycles. The van der Waals surface area contributed by atoms with E-state index in [4.69, 9.17) is 16.3 Å². The Kier molecular flexibility index (Phi) is 4.52. The number of hydrogen-bond donors (Lipinski definition) is 0. The second-order valence-corrected chi connectivity index (χ2v) is 9.32. The van der Waals surface area contributed by atoms with Crippen LogP contribution >= 0.6 is 11.6 Å². The Bertz CT molecular complexity index is 913.